The lowest BCUT2D eigenvalue weighted by Crippen LogP contribution is -2.54. The Labute approximate surface area is 96.4 Å². The Morgan fingerprint density at radius 2 is 2.06 bits per heavy atom. The third kappa shape index (κ3) is 2.95. The monoisotopic (exact) mass is 227 g/mol. The van der Waals surface area contributed by atoms with Crippen molar-refractivity contribution < 1.29 is 9.59 Å². The second kappa shape index (κ2) is 4.82. The number of nitrogens with one attached hydrogen (secondary N) is 1. The molecule has 1 rings (SSSR count). The zero-order chi connectivity index (χ0) is 12.3. The summed E-state index contributed by atoms with van der Waals surface area (Å²) in [4.78, 5) is 24.6. The first-order valence-corrected chi connectivity index (χ1v) is 5.64. The number of hydrogen-bond donors (Lipinski definition) is 2. The maximum atomic E-state index is 12.0. The maximum Gasteiger partial charge on any atom is 0.242 e. The number of hydrogen-bond acceptors (Lipinski definition) is 3. The van der Waals surface area contributed by atoms with Crippen LogP contribution in [0.15, 0.2) is 0 Å². The van der Waals surface area contributed by atoms with Gasteiger partial charge in [-0.2, -0.15) is 0 Å². The van der Waals surface area contributed by atoms with Crippen molar-refractivity contribution in [2.45, 2.75) is 31.7 Å². The van der Waals surface area contributed by atoms with Crippen molar-refractivity contribution in [1.29, 1.82) is 0 Å². The molecule has 0 spiro atoms. The highest BCUT2D eigenvalue weighted by atomic mass is 16.2. The molecule has 0 bridgehead atoms. The van der Waals surface area contributed by atoms with Crippen LogP contribution in [0, 0.1) is 5.92 Å². The molecule has 0 aromatic rings. The zero-order valence-corrected chi connectivity index (χ0v) is 10.2. The standard InChI is InChI=1S/C11H21N3O2/c1-11(12,8-4-5-8)10(16)14(3)7-6-9(15)13-2/h8H,4-7,12H2,1-3H3,(H,13,15). The number of amides is 2. The average Bonchev–Trinajstić information content (AvgIpc) is 3.07. The van der Waals surface area contributed by atoms with Gasteiger partial charge in [0, 0.05) is 27.1 Å². The largest absolute Gasteiger partial charge is 0.359 e. The summed E-state index contributed by atoms with van der Waals surface area (Å²) in [6.45, 7) is 2.20. The van der Waals surface area contributed by atoms with Crippen LogP contribution in [0.2, 0.25) is 0 Å². The van der Waals surface area contributed by atoms with Crippen LogP contribution >= 0.6 is 0 Å². The second-order valence-electron chi connectivity index (χ2n) is 4.71. The van der Waals surface area contributed by atoms with E-state index in [4.69, 9.17) is 5.73 Å². The Morgan fingerprint density at radius 1 is 1.50 bits per heavy atom. The average molecular weight is 227 g/mol. The summed E-state index contributed by atoms with van der Waals surface area (Å²) in [6.07, 6.45) is 2.38. The predicted molar refractivity (Wildman–Crippen MR) is 61.6 cm³/mol. The molecule has 1 fully saturated rings. The van der Waals surface area contributed by atoms with Gasteiger partial charge in [-0.1, -0.05) is 0 Å². The second-order valence-corrected chi connectivity index (χ2v) is 4.71. The van der Waals surface area contributed by atoms with E-state index >= 15 is 0 Å². The fourth-order valence-electron chi connectivity index (χ4n) is 1.76. The van der Waals surface area contributed by atoms with Gasteiger partial charge in [-0.3, -0.25) is 9.59 Å². The van der Waals surface area contributed by atoms with E-state index < -0.39 is 5.54 Å². The highest BCUT2D eigenvalue weighted by Crippen LogP contribution is 2.38. The molecule has 1 aliphatic rings. The summed E-state index contributed by atoms with van der Waals surface area (Å²) >= 11 is 0. The van der Waals surface area contributed by atoms with Gasteiger partial charge >= 0.3 is 0 Å². The molecule has 0 heterocycles. The SMILES string of the molecule is CNC(=O)CCN(C)C(=O)C(C)(N)C1CC1. The molecule has 1 saturated carbocycles. The Kier molecular flexibility index (Phi) is 3.91. The van der Waals surface area contributed by atoms with E-state index in [2.05, 4.69) is 5.32 Å². The summed E-state index contributed by atoms with van der Waals surface area (Å²) in [6, 6.07) is 0. The predicted octanol–water partition coefficient (Wildman–Crippen LogP) is -0.292. The van der Waals surface area contributed by atoms with E-state index in [1.54, 1.807) is 25.9 Å². The molecule has 3 N–H and O–H groups in total. The lowest BCUT2D eigenvalue weighted by atomic mass is 9.95. The van der Waals surface area contributed by atoms with Crippen LogP contribution in [0.3, 0.4) is 0 Å². The molecule has 5 nitrogen and oxygen atoms in total. The van der Waals surface area contributed by atoms with Crippen LogP contribution in [-0.4, -0.2) is 42.9 Å². The van der Waals surface area contributed by atoms with Gasteiger partial charge in [0.25, 0.3) is 0 Å². The minimum atomic E-state index is -0.766. The van der Waals surface area contributed by atoms with E-state index in [1.165, 1.54) is 0 Å². The Hall–Kier alpha value is -1.10. The first-order chi connectivity index (χ1) is 7.39. The number of nitrogens with two attached hydrogens (primary N) is 1. The summed E-state index contributed by atoms with van der Waals surface area (Å²) in [7, 11) is 3.28. The van der Waals surface area contributed by atoms with Crippen LogP contribution in [0.4, 0.5) is 0 Å². The molecular weight excluding hydrogens is 206 g/mol. The number of nitrogens with zero attached hydrogens (tertiary/aromatic N) is 1. The van der Waals surface area contributed by atoms with E-state index in [9.17, 15) is 9.59 Å². The van der Waals surface area contributed by atoms with Crippen molar-refractivity contribution in [3.63, 3.8) is 0 Å². The van der Waals surface area contributed by atoms with E-state index in [0.717, 1.165) is 12.8 Å². The molecule has 0 aliphatic heterocycles. The fourth-order valence-corrected chi connectivity index (χ4v) is 1.76. The molecule has 0 aromatic heterocycles. The molecule has 1 atom stereocenters. The first kappa shape index (κ1) is 13.0. The zero-order valence-electron chi connectivity index (χ0n) is 10.2. The number of carbonyl (C=O) groups is 2. The number of rotatable bonds is 5. The van der Waals surface area contributed by atoms with Gasteiger partial charge in [0.15, 0.2) is 0 Å². The molecule has 1 aliphatic carbocycles. The quantitative estimate of drug-likeness (QED) is 0.677. The molecule has 1 unspecified atom stereocenters. The lowest BCUT2D eigenvalue weighted by Gasteiger charge is -2.29. The normalized spacial score (nSPS) is 18.8. The van der Waals surface area contributed by atoms with Crippen molar-refractivity contribution >= 4 is 11.8 Å². The fraction of sp³-hybridized carbons (Fsp3) is 0.818. The van der Waals surface area contributed by atoms with E-state index in [1.807, 2.05) is 0 Å². The van der Waals surface area contributed by atoms with Crippen molar-refractivity contribution in [3.05, 3.63) is 0 Å². The number of carbonyl (C=O) groups excluding carboxylic acids is 2. The van der Waals surface area contributed by atoms with Crippen molar-refractivity contribution in [3.8, 4) is 0 Å². The Morgan fingerprint density at radius 3 is 2.50 bits per heavy atom. The first-order valence-electron chi connectivity index (χ1n) is 5.64. The lowest BCUT2D eigenvalue weighted by molar-refractivity contribution is -0.136. The summed E-state index contributed by atoms with van der Waals surface area (Å²) in [5.41, 5.74) is 5.25. The Bertz CT molecular complexity index is 285. The Balaban J connectivity index is 2.43. The van der Waals surface area contributed by atoms with Gasteiger partial charge in [-0.15, -0.1) is 0 Å². The minimum Gasteiger partial charge on any atom is -0.359 e. The van der Waals surface area contributed by atoms with Crippen molar-refractivity contribution in [1.82, 2.24) is 10.2 Å². The van der Waals surface area contributed by atoms with Crippen LogP contribution in [0.25, 0.3) is 0 Å². The molecule has 92 valence electrons. The topological polar surface area (TPSA) is 75.4 Å². The van der Waals surface area contributed by atoms with Gasteiger partial charge in [0.1, 0.15) is 0 Å². The van der Waals surface area contributed by atoms with Crippen molar-refractivity contribution in [2.75, 3.05) is 20.6 Å². The molecule has 5 heteroatoms. The molecule has 2 amide bonds. The van der Waals surface area contributed by atoms with Gasteiger partial charge in [0.2, 0.25) is 11.8 Å². The van der Waals surface area contributed by atoms with Gasteiger partial charge < -0.3 is 16.0 Å². The molecule has 0 saturated heterocycles. The summed E-state index contributed by atoms with van der Waals surface area (Å²) < 4.78 is 0. The van der Waals surface area contributed by atoms with Crippen LogP contribution in [-0.2, 0) is 9.59 Å². The van der Waals surface area contributed by atoms with Gasteiger partial charge in [-0.05, 0) is 25.7 Å². The highest BCUT2D eigenvalue weighted by Gasteiger charge is 2.45. The summed E-state index contributed by atoms with van der Waals surface area (Å²) in [5, 5.41) is 2.52. The smallest absolute Gasteiger partial charge is 0.242 e. The minimum absolute atomic E-state index is 0.0650. The molecule has 0 aromatic carbocycles. The third-order valence-corrected chi connectivity index (χ3v) is 3.19. The highest BCUT2D eigenvalue weighted by molar-refractivity contribution is 5.86. The van der Waals surface area contributed by atoms with Crippen LogP contribution < -0.4 is 11.1 Å². The van der Waals surface area contributed by atoms with E-state index in [0.29, 0.717) is 18.9 Å². The van der Waals surface area contributed by atoms with Crippen LogP contribution in [0.1, 0.15) is 26.2 Å². The van der Waals surface area contributed by atoms with Gasteiger partial charge in [-0.25, -0.2) is 0 Å². The van der Waals surface area contributed by atoms with Crippen LogP contribution in [0.5, 0.6) is 0 Å². The molecule has 16 heavy (non-hydrogen) atoms. The maximum absolute atomic E-state index is 12.0. The molecule has 0 radical (unpaired) electrons. The van der Waals surface area contributed by atoms with E-state index in [-0.39, 0.29) is 11.8 Å². The summed E-state index contributed by atoms with van der Waals surface area (Å²) in [5.74, 6) is 0.172. The third-order valence-electron chi connectivity index (χ3n) is 3.19. The molecular formula is C11H21N3O2. The van der Waals surface area contributed by atoms with Crippen molar-refractivity contribution in [2.24, 2.45) is 11.7 Å². The van der Waals surface area contributed by atoms with Gasteiger partial charge in [0.05, 0.1) is 5.54 Å². The number of likely N-dealkylation sites (N-methyl/N-ethyl adjacent to an activating group) is 1.